The smallest absolute Gasteiger partial charge is 0.259 e. The molecule has 0 spiro atoms. The minimum Gasteiger partial charge on any atom is -0.496 e. The van der Waals surface area contributed by atoms with E-state index in [1.165, 1.54) is 0 Å². The number of carbonyl (C=O) groups excluding carboxylic acids is 1. The molecule has 0 radical (unpaired) electrons. The Morgan fingerprint density at radius 2 is 2.10 bits per heavy atom. The molecule has 0 saturated heterocycles. The van der Waals surface area contributed by atoms with Crippen LogP contribution in [0.3, 0.4) is 0 Å². The van der Waals surface area contributed by atoms with E-state index in [0.717, 1.165) is 42.1 Å². The summed E-state index contributed by atoms with van der Waals surface area (Å²) in [5.74, 6) is 0.214. The van der Waals surface area contributed by atoms with Crippen LogP contribution in [-0.4, -0.2) is 43.4 Å². The highest BCUT2D eigenvalue weighted by Crippen LogP contribution is 2.31. The molecular formula is C21H23N7O2. The highest BCUT2D eigenvalue weighted by molar-refractivity contribution is 6.09. The van der Waals surface area contributed by atoms with Crippen molar-refractivity contribution in [3.8, 4) is 5.75 Å². The van der Waals surface area contributed by atoms with Gasteiger partial charge in [-0.05, 0) is 37.8 Å². The Morgan fingerprint density at radius 1 is 1.27 bits per heavy atom. The van der Waals surface area contributed by atoms with Crippen molar-refractivity contribution in [1.29, 1.82) is 0 Å². The molecule has 1 saturated carbocycles. The van der Waals surface area contributed by atoms with Gasteiger partial charge >= 0.3 is 0 Å². The summed E-state index contributed by atoms with van der Waals surface area (Å²) in [5.41, 5.74) is 8.66. The molecule has 0 atom stereocenters. The van der Waals surface area contributed by atoms with Gasteiger partial charge in [0.1, 0.15) is 12.1 Å². The molecule has 0 bridgehead atoms. The highest BCUT2D eigenvalue weighted by Gasteiger charge is 2.22. The summed E-state index contributed by atoms with van der Waals surface area (Å²) in [6.07, 6.45) is 10.9. The number of rotatable bonds is 4. The third kappa shape index (κ3) is 3.26. The van der Waals surface area contributed by atoms with Crippen molar-refractivity contribution in [2.24, 2.45) is 5.73 Å². The van der Waals surface area contributed by atoms with Crippen molar-refractivity contribution in [2.45, 2.75) is 37.8 Å². The lowest BCUT2D eigenvalue weighted by atomic mass is 9.92. The monoisotopic (exact) mass is 405 g/mol. The van der Waals surface area contributed by atoms with Gasteiger partial charge in [-0.3, -0.25) is 9.48 Å². The van der Waals surface area contributed by atoms with Crippen LogP contribution in [-0.2, 0) is 0 Å². The maximum absolute atomic E-state index is 13.0. The Morgan fingerprint density at radius 3 is 2.90 bits per heavy atom. The summed E-state index contributed by atoms with van der Waals surface area (Å²) in [6.45, 7) is 0. The molecule has 1 fully saturated rings. The summed E-state index contributed by atoms with van der Waals surface area (Å²) in [5, 5.41) is 12.8. The standard InChI is InChI=1S/C21H23N7O2/c1-30-20-9-17-13(11-27(26-17)15-4-2-14(22)3-5-15)8-16(20)21(29)25-18-10-24-28-12-23-7-6-19(18)28/h6-12,14-15H,2-5,22H2,1H3,(H,25,29). The first-order valence-electron chi connectivity index (χ1n) is 10.0. The van der Waals surface area contributed by atoms with Gasteiger partial charge in [-0.15, -0.1) is 0 Å². The van der Waals surface area contributed by atoms with E-state index in [9.17, 15) is 4.79 Å². The topological polar surface area (TPSA) is 112 Å². The van der Waals surface area contributed by atoms with Crippen molar-refractivity contribution in [1.82, 2.24) is 24.4 Å². The van der Waals surface area contributed by atoms with Crippen LogP contribution in [0.4, 0.5) is 5.69 Å². The molecule has 1 aliphatic rings. The predicted molar refractivity (Wildman–Crippen MR) is 113 cm³/mol. The summed E-state index contributed by atoms with van der Waals surface area (Å²) in [6, 6.07) is 6.07. The molecule has 9 nitrogen and oxygen atoms in total. The maximum Gasteiger partial charge on any atom is 0.259 e. The number of benzene rings is 1. The summed E-state index contributed by atoms with van der Waals surface area (Å²) in [7, 11) is 1.55. The third-order valence-electron chi connectivity index (χ3n) is 5.78. The van der Waals surface area contributed by atoms with Crippen LogP contribution in [0, 0.1) is 0 Å². The van der Waals surface area contributed by atoms with E-state index in [2.05, 4.69) is 15.4 Å². The second-order valence-corrected chi connectivity index (χ2v) is 7.71. The van der Waals surface area contributed by atoms with Gasteiger partial charge in [0, 0.05) is 29.9 Å². The van der Waals surface area contributed by atoms with Gasteiger partial charge in [-0.25, -0.2) is 9.50 Å². The van der Waals surface area contributed by atoms with E-state index in [1.807, 2.05) is 23.0 Å². The van der Waals surface area contributed by atoms with E-state index >= 15 is 0 Å². The summed E-state index contributed by atoms with van der Waals surface area (Å²) < 4.78 is 9.11. The van der Waals surface area contributed by atoms with E-state index in [-0.39, 0.29) is 11.9 Å². The van der Waals surface area contributed by atoms with Gasteiger partial charge in [0.25, 0.3) is 5.91 Å². The molecule has 30 heavy (non-hydrogen) atoms. The van der Waals surface area contributed by atoms with E-state index in [0.29, 0.717) is 23.0 Å². The van der Waals surface area contributed by atoms with Crippen LogP contribution in [0.25, 0.3) is 16.4 Å². The lowest BCUT2D eigenvalue weighted by Crippen LogP contribution is -2.27. The van der Waals surface area contributed by atoms with Crippen LogP contribution in [0.5, 0.6) is 5.75 Å². The van der Waals surface area contributed by atoms with Crippen molar-refractivity contribution in [3.63, 3.8) is 0 Å². The Hall–Kier alpha value is -3.46. The largest absolute Gasteiger partial charge is 0.496 e. The maximum atomic E-state index is 13.0. The molecule has 5 rings (SSSR count). The fourth-order valence-electron chi connectivity index (χ4n) is 4.10. The molecule has 154 valence electrons. The van der Waals surface area contributed by atoms with Crippen LogP contribution < -0.4 is 15.8 Å². The highest BCUT2D eigenvalue weighted by atomic mass is 16.5. The molecule has 1 aromatic carbocycles. The van der Waals surface area contributed by atoms with Crippen molar-refractivity contribution in [2.75, 3.05) is 12.4 Å². The first-order chi connectivity index (χ1) is 14.6. The van der Waals surface area contributed by atoms with Crippen molar-refractivity contribution in [3.05, 3.63) is 48.7 Å². The number of aromatic nitrogens is 5. The van der Waals surface area contributed by atoms with Gasteiger partial charge in [0.15, 0.2) is 0 Å². The number of nitrogens with two attached hydrogens (primary N) is 1. The molecule has 1 amide bonds. The second-order valence-electron chi connectivity index (χ2n) is 7.71. The summed E-state index contributed by atoms with van der Waals surface area (Å²) >= 11 is 0. The van der Waals surface area contributed by atoms with Gasteiger partial charge in [0.05, 0.1) is 41.6 Å². The first kappa shape index (κ1) is 18.6. The number of nitrogens with one attached hydrogen (secondary N) is 1. The Bertz CT molecular complexity index is 1220. The average Bonchev–Trinajstić information content (AvgIpc) is 3.37. The normalized spacial score (nSPS) is 19.3. The predicted octanol–water partition coefficient (Wildman–Crippen LogP) is 2.78. The molecule has 4 aromatic rings. The molecule has 1 aliphatic carbocycles. The van der Waals surface area contributed by atoms with Gasteiger partial charge in [0.2, 0.25) is 0 Å². The molecule has 0 aliphatic heterocycles. The van der Waals surface area contributed by atoms with Crippen LogP contribution in [0.2, 0.25) is 0 Å². The number of hydrogen-bond donors (Lipinski definition) is 2. The van der Waals surface area contributed by atoms with E-state index < -0.39 is 0 Å². The quantitative estimate of drug-likeness (QED) is 0.540. The zero-order valence-corrected chi connectivity index (χ0v) is 16.7. The zero-order valence-electron chi connectivity index (χ0n) is 16.7. The lowest BCUT2D eigenvalue weighted by molar-refractivity contribution is 0.102. The number of hydrogen-bond acceptors (Lipinski definition) is 6. The van der Waals surface area contributed by atoms with Gasteiger partial charge < -0.3 is 15.8 Å². The van der Waals surface area contributed by atoms with Crippen LogP contribution >= 0.6 is 0 Å². The third-order valence-corrected chi connectivity index (χ3v) is 5.78. The second kappa shape index (κ2) is 7.42. The fraction of sp³-hybridized carbons (Fsp3) is 0.333. The van der Waals surface area contributed by atoms with E-state index in [1.54, 1.807) is 36.4 Å². The van der Waals surface area contributed by atoms with Gasteiger partial charge in [-0.2, -0.15) is 10.2 Å². The Labute approximate surface area is 172 Å². The van der Waals surface area contributed by atoms with Crippen LogP contribution in [0.15, 0.2) is 43.1 Å². The Kier molecular flexibility index (Phi) is 4.59. The van der Waals surface area contributed by atoms with Crippen molar-refractivity contribution < 1.29 is 9.53 Å². The first-order valence-corrected chi connectivity index (χ1v) is 10.0. The number of amides is 1. The number of nitrogens with zero attached hydrogens (tertiary/aromatic N) is 5. The molecule has 3 heterocycles. The molecule has 0 unspecified atom stereocenters. The SMILES string of the molecule is COc1cc2nn(C3CCC(N)CC3)cc2cc1C(=O)Nc1cnn2cnccc12. The molecule has 3 N–H and O–H groups in total. The van der Waals surface area contributed by atoms with Gasteiger partial charge in [-0.1, -0.05) is 0 Å². The minimum absolute atomic E-state index is 0.267. The average molecular weight is 405 g/mol. The Balaban J connectivity index is 1.46. The molecular weight excluding hydrogens is 382 g/mol. The minimum atomic E-state index is -0.267. The van der Waals surface area contributed by atoms with Crippen molar-refractivity contribution >= 4 is 28.0 Å². The lowest BCUT2D eigenvalue weighted by Gasteiger charge is -2.26. The number of carbonyl (C=O) groups is 1. The number of fused-ring (bicyclic) bond motifs is 2. The van der Waals surface area contributed by atoms with E-state index in [4.69, 9.17) is 15.6 Å². The fourth-order valence-corrected chi connectivity index (χ4v) is 4.10. The number of methoxy groups -OCH3 is 1. The number of anilines is 1. The zero-order chi connectivity index (χ0) is 20.7. The van der Waals surface area contributed by atoms with Crippen LogP contribution in [0.1, 0.15) is 42.1 Å². The number of ether oxygens (including phenoxy) is 1. The molecule has 9 heteroatoms. The summed E-state index contributed by atoms with van der Waals surface area (Å²) in [4.78, 5) is 17.1. The molecule has 3 aromatic heterocycles.